The number of H-pyrrole nitrogens is 1. The molecular weight excluding hydrogens is 538 g/mol. The van der Waals surface area contributed by atoms with Gasteiger partial charge in [-0.3, -0.25) is 4.79 Å². The fourth-order valence-corrected chi connectivity index (χ4v) is 6.26. The first kappa shape index (κ1) is 30.2. The molecule has 1 fully saturated rings. The number of para-hydroxylation sites is 1. The lowest BCUT2D eigenvalue weighted by Gasteiger charge is -2.34. The van der Waals surface area contributed by atoms with E-state index in [1.165, 1.54) is 11.1 Å². The van der Waals surface area contributed by atoms with Crippen LogP contribution in [-0.2, 0) is 11.3 Å². The fourth-order valence-electron chi connectivity index (χ4n) is 6.26. The van der Waals surface area contributed by atoms with Crippen LogP contribution in [0.2, 0.25) is 0 Å². The molecule has 0 unspecified atom stereocenters. The lowest BCUT2D eigenvalue weighted by Crippen LogP contribution is -2.53. The van der Waals surface area contributed by atoms with Crippen LogP contribution in [-0.4, -0.2) is 67.1 Å². The van der Waals surface area contributed by atoms with E-state index in [-0.39, 0.29) is 17.9 Å². The van der Waals surface area contributed by atoms with Gasteiger partial charge in [0.15, 0.2) is 0 Å². The van der Waals surface area contributed by atoms with Crippen molar-refractivity contribution >= 4 is 28.5 Å². The summed E-state index contributed by atoms with van der Waals surface area (Å²) >= 11 is 0. The van der Waals surface area contributed by atoms with E-state index in [0.29, 0.717) is 30.4 Å². The molecule has 3 aromatic carbocycles. The summed E-state index contributed by atoms with van der Waals surface area (Å²) in [5.74, 6) is 0.400. The van der Waals surface area contributed by atoms with Gasteiger partial charge in [0.05, 0.1) is 12.8 Å². The molecular formula is C35H43N5O3. The number of nitrogens with one attached hydrogen (secondary N) is 3. The monoisotopic (exact) mass is 581 g/mol. The number of nitrogens with zero attached hydrogens (tertiary/aromatic N) is 2. The summed E-state index contributed by atoms with van der Waals surface area (Å²) in [6.07, 6.45) is 3.72. The van der Waals surface area contributed by atoms with Crippen LogP contribution in [0, 0.1) is 6.92 Å². The highest BCUT2D eigenvalue weighted by Gasteiger charge is 2.33. The second-order valence-electron chi connectivity index (χ2n) is 11.9. The maximum Gasteiger partial charge on any atom is 0.318 e. The van der Waals surface area contributed by atoms with Crippen molar-refractivity contribution in [3.8, 4) is 5.75 Å². The fraction of sp³-hybridized carbons (Fsp3) is 0.371. The summed E-state index contributed by atoms with van der Waals surface area (Å²) in [5.41, 5.74) is 6.24. The molecule has 1 aromatic heterocycles. The van der Waals surface area contributed by atoms with Crippen molar-refractivity contribution in [2.75, 3.05) is 39.6 Å². The van der Waals surface area contributed by atoms with E-state index in [1.54, 1.807) is 7.11 Å². The van der Waals surface area contributed by atoms with Gasteiger partial charge in [-0.1, -0.05) is 55.5 Å². The van der Waals surface area contributed by atoms with Gasteiger partial charge >= 0.3 is 6.03 Å². The van der Waals surface area contributed by atoms with Crippen LogP contribution in [0.5, 0.6) is 5.75 Å². The number of fused-ring (bicyclic) bond motifs is 1. The number of aromatic amines is 1. The third kappa shape index (κ3) is 6.86. The minimum Gasteiger partial charge on any atom is -0.495 e. The zero-order valence-corrected chi connectivity index (χ0v) is 25.8. The maximum atomic E-state index is 14.1. The number of hydrogen-bond acceptors (Lipinski definition) is 4. The smallest absolute Gasteiger partial charge is 0.318 e. The number of aryl methyl sites for hydroxylation is 1. The molecule has 2 heterocycles. The number of urea groups is 1. The summed E-state index contributed by atoms with van der Waals surface area (Å²) < 4.78 is 5.58. The van der Waals surface area contributed by atoms with Gasteiger partial charge in [0, 0.05) is 42.7 Å². The number of rotatable bonds is 9. The second kappa shape index (κ2) is 13.3. The Balaban J connectivity index is 1.37. The van der Waals surface area contributed by atoms with Crippen molar-refractivity contribution < 1.29 is 14.3 Å². The van der Waals surface area contributed by atoms with Crippen LogP contribution in [0.4, 0.5) is 10.5 Å². The van der Waals surface area contributed by atoms with Gasteiger partial charge < -0.3 is 30.2 Å². The molecule has 5 rings (SSSR count). The summed E-state index contributed by atoms with van der Waals surface area (Å²) in [7, 11) is 5.59. The zero-order chi connectivity index (χ0) is 30.5. The number of likely N-dealkylation sites (tertiary alicyclic amines) is 1. The van der Waals surface area contributed by atoms with Gasteiger partial charge in [0.2, 0.25) is 5.91 Å². The standard InChI is InChI=1S/C35H43N5O3/c1-23-10-6-7-11-27(23)26-16-18-40(19-17-26)35(42)38-33(24(2)29-21-36-30-13-9-8-12-28(29)30)34(41)37-31-20-25(22-39(3)4)14-15-32(31)43-5/h6-15,20-21,24,26,33,36H,16-19,22H2,1-5H3,(H,37,41)(H,38,42)/t24-,33-/m1/s1. The first-order valence-electron chi connectivity index (χ1n) is 15.0. The van der Waals surface area contributed by atoms with E-state index in [9.17, 15) is 9.59 Å². The first-order chi connectivity index (χ1) is 20.7. The second-order valence-corrected chi connectivity index (χ2v) is 11.9. The molecule has 8 heteroatoms. The molecule has 0 saturated carbocycles. The van der Waals surface area contributed by atoms with Crippen molar-refractivity contribution in [2.45, 2.75) is 51.1 Å². The average Bonchev–Trinajstić information content (AvgIpc) is 3.44. The average molecular weight is 582 g/mol. The van der Waals surface area contributed by atoms with Crippen LogP contribution < -0.4 is 15.4 Å². The number of ether oxygens (including phenoxy) is 1. The molecule has 226 valence electrons. The minimum absolute atomic E-state index is 0.219. The predicted molar refractivity (Wildman–Crippen MR) is 173 cm³/mol. The molecule has 3 amide bonds. The molecule has 43 heavy (non-hydrogen) atoms. The number of carbonyl (C=O) groups excluding carboxylic acids is 2. The number of hydrogen-bond donors (Lipinski definition) is 3. The largest absolute Gasteiger partial charge is 0.495 e. The lowest BCUT2D eigenvalue weighted by molar-refractivity contribution is -0.118. The Morgan fingerprint density at radius 3 is 2.49 bits per heavy atom. The highest BCUT2D eigenvalue weighted by Crippen LogP contribution is 2.32. The van der Waals surface area contributed by atoms with Crippen LogP contribution >= 0.6 is 0 Å². The normalized spacial score (nSPS) is 15.3. The predicted octanol–water partition coefficient (Wildman–Crippen LogP) is 6.25. The Bertz CT molecular complexity index is 1570. The summed E-state index contributed by atoms with van der Waals surface area (Å²) in [6, 6.07) is 21.3. The van der Waals surface area contributed by atoms with Crippen molar-refractivity contribution in [1.82, 2.24) is 20.1 Å². The number of carbonyl (C=O) groups is 2. The number of amides is 3. The molecule has 0 bridgehead atoms. The Kier molecular flexibility index (Phi) is 9.36. The molecule has 8 nitrogen and oxygen atoms in total. The first-order valence-corrected chi connectivity index (χ1v) is 15.0. The van der Waals surface area contributed by atoms with Gasteiger partial charge in [0.1, 0.15) is 11.8 Å². The van der Waals surface area contributed by atoms with Gasteiger partial charge in [0.25, 0.3) is 0 Å². The SMILES string of the molecule is COc1ccc(CN(C)C)cc1NC(=O)[C@H](NC(=O)N1CCC(c2ccccc2C)CC1)[C@H](C)c1c[nH]c2ccccc12. The quantitative estimate of drug-likeness (QED) is 0.218. The summed E-state index contributed by atoms with van der Waals surface area (Å²) in [5, 5.41) is 7.24. The molecule has 3 N–H and O–H groups in total. The van der Waals surface area contributed by atoms with Crippen molar-refractivity contribution in [2.24, 2.45) is 0 Å². The minimum atomic E-state index is -0.817. The Morgan fingerprint density at radius 1 is 1.05 bits per heavy atom. The number of anilines is 1. The van der Waals surface area contributed by atoms with Crippen LogP contribution in [0.3, 0.4) is 0 Å². The van der Waals surface area contributed by atoms with Crippen molar-refractivity contribution in [3.63, 3.8) is 0 Å². The number of piperidine rings is 1. The Morgan fingerprint density at radius 2 is 1.77 bits per heavy atom. The summed E-state index contributed by atoms with van der Waals surface area (Å²) in [6.45, 7) is 6.14. The van der Waals surface area contributed by atoms with E-state index in [1.807, 2.05) is 74.6 Å². The summed E-state index contributed by atoms with van der Waals surface area (Å²) in [4.78, 5) is 35.0. The molecule has 1 aliphatic heterocycles. The Labute approximate surface area is 254 Å². The zero-order valence-electron chi connectivity index (χ0n) is 25.8. The van der Waals surface area contributed by atoms with Gasteiger partial charge in [-0.2, -0.15) is 0 Å². The van der Waals surface area contributed by atoms with E-state index >= 15 is 0 Å². The van der Waals surface area contributed by atoms with E-state index in [4.69, 9.17) is 4.74 Å². The van der Waals surface area contributed by atoms with E-state index in [0.717, 1.165) is 41.4 Å². The van der Waals surface area contributed by atoms with Crippen LogP contribution in [0.25, 0.3) is 10.9 Å². The molecule has 1 aliphatic rings. The number of benzene rings is 3. The highest BCUT2D eigenvalue weighted by molar-refractivity contribution is 5.99. The molecule has 2 atom stereocenters. The molecule has 0 aliphatic carbocycles. The molecule has 4 aromatic rings. The van der Waals surface area contributed by atoms with Gasteiger partial charge in [-0.15, -0.1) is 0 Å². The van der Waals surface area contributed by atoms with E-state index < -0.39 is 6.04 Å². The Hall–Kier alpha value is -4.30. The molecule has 0 radical (unpaired) electrons. The van der Waals surface area contributed by atoms with Crippen molar-refractivity contribution in [1.29, 1.82) is 0 Å². The number of methoxy groups -OCH3 is 1. The molecule has 1 saturated heterocycles. The van der Waals surface area contributed by atoms with Gasteiger partial charge in [-0.05, 0) is 80.2 Å². The maximum absolute atomic E-state index is 14.1. The molecule has 0 spiro atoms. The third-order valence-electron chi connectivity index (χ3n) is 8.60. The third-order valence-corrected chi connectivity index (χ3v) is 8.60. The highest BCUT2D eigenvalue weighted by atomic mass is 16.5. The number of aromatic nitrogens is 1. The van der Waals surface area contributed by atoms with Crippen molar-refractivity contribution in [3.05, 3.63) is 95.2 Å². The van der Waals surface area contributed by atoms with Crippen LogP contribution in [0.1, 0.15) is 53.9 Å². The van der Waals surface area contributed by atoms with Crippen LogP contribution in [0.15, 0.2) is 72.9 Å². The lowest BCUT2D eigenvalue weighted by atomic mass is 9.87. The van der Waals surface area contributed by atoms with E-state index in [2.05, 4.69) is 51.7 Å². The van der Waals surface area contributed by atoms with Gasteiger partial charge in [-0.25, -0.2) is 4.79 Å². The topological polar surface area (TPSA) is 89.7 Å².